The Morgan fingerprint density at radius 3 is 1.64 bits per heavy atom. The van der Waals surface area contributed by atoms with Crippen molar-refractivity contribution < 1.29 is 72.8 Å². The fourth-order valence-electron chi connectivity index (χ4n) is 5.48. The summed E-state index contributed by atoms with van der Waals surface area (Å²) in [5.41, 5.74) is 0.244. The van der Waals surface area contributed by atoms with E-state index in [2.05, 4.69) is 15.0 Å². The Labute approximate surface area is 301 Å². The summed E-state index contributed by atoms with van der Waals surface area (Å²) < 4.78 is 144. The number of nitrogens with two attached hydrogens (primary N) is 1. The van der Waals surface area contributed by atoms with E-state index in [-0.39, 0.29) is 17.0 Å². The minimum Gasteiger partial charge on any atom is -0.459 e. The average molecular weight is 784 g/mol. The highest BCUT2D eigenvalue weighted by Gasteiger charge is 2.52. The van der Waals surface area contributed by atoms with Crippen molar-refractivity contribution in [2.24, 2.45) is 0 Å². The van der Waals surface area contributed by atoms with Crippen LogP contribution in [0.4, 0.5) is 45.3 Å². The number of rotatable bonds is 8. The summed E-state index contributed by atoms with van der Waals surface area (Å²) in [7, 11) is 0. The molecule has 2 aromatic heterocycles. The molecular weight excluding hydrogens is 761 g/mol. The number of fused-ring (bicyclic) bond motifs is 1. The number of esters is 3. The van der Waals surface area contributed by atoms with Crippen LogP contribution in [0, 0.1) is 0 Å². The van der Waals surface area contributed by atoms with Crippen LogP contribution in [0.1, 0.15) is 54.0 Å². The topological polar surface area (TPSA) is 158 Å². The maximum atomic E-state index is 13.5. The first-order valence-corrected chi connectivity index (χ1v) is 15.5. The number of carbonyl (C=O) groups excluding carboxylic acids is 3. The van der Waals surface area contributed by atoms with Crippen LogP contribution in [0.3, 0.4) is 0 Å². The lowest BCUT2D eigenvalue weighted by Crippen LogP contribution is -2.41. The number of anilines is 1. The van der Waals surface area contributed by atoms with Gasteiger partial charge in [-0.25, -0.2) is 29.3 Å². The van der Waals surface area contributed by atoms with E-state index in [0.717, 1.165) is 53.6 Å². The number of alkyl halides is 9. The van der Waals surface area contributed by atoms with E-state index in [1.54, 1.807) is 0 Å². The monoisotopic (exact) mass is 783 g/mol. The van der Waals surface area contributed by atoms with Crippen LogP contribution in [0.5, 0.6) is 0 Å². The quantitative estimate of drug-likeness (QED) is 0.102. The number of hydrogen-bond donors (Lipinski definition) is 1. The van der Waals surface area contributed by atoms with Crippen molar-refractivity contribution in [2.75, 3.05) is 12.3 Å². The molecule has 3 heterocycles. The Balaban J connectivity index is 1.40. The van der Waals surface area contributed by atoms with Gasteiger partial charge in [0.1, 0.15) is 24.6 Å². The smallest absolute Gasteiger partial charge is 0.416 e. The first-order valence-electron chi connectivity index (χ1n) is 15.5. The number of benzene rings is 3. The highest BCUT2D eigenvalue weighted by molar-refractivity contribution is 5.91. The van der Waals surface area contributed by atoms with Crippen molar-refractivity contribution in [3.63, 3.8) is 0 Å². The zero-order chi connectivity index (χ0) is 39.9. The first-order chi connectivity index (χ1) is 25.8. The van der Waals surface area contributed by atoms with Gasteiger partial charge in [0.2, 0.25) is 0 Å². The van der Waals surface area contributed by atoms with Crippen molar-refractivity contribution in [3.05, 3.63) is 119 Å². The molecule has 21 heteroatoms. The van der Waals surface area contributed by atoms with E-state index >= 15 is 0 Å². The van der Waals surface area contributed by atoms with Gasteiger partial charge in [0.25, 0.3) is 0 Å². The molecule has 288 valence electrons. The molecule has 1 saturated heterocycles. The molecule has 12 nitrogen and oxygen atoms in total. The zero-order valence-electron chi connectivity index (χ0n) is 27.2. The third kappa shape index (κ3) is 8.30. The van der Waals surface area contributed by atoms with Crippen LogP contribution in [-0.4, -0.2) is 62.3 Å². The molecule has 4 atom stereocenters. The molecule has 2 N–H and O–H groups in total. The van der Waals surface area contributed by atoms with Crippen molar-refractivity contribution in [1.82, 2.24) is 19.5 Å². The molecule has 0 aliphatic carbocycles. The molecule has 0 bridgehead atoms. The molecular formula is C34H22F9N5O7. The molecule has 6 rings (SSSR count). The summed E-state index contributed by atoms with van der Waals surface area (Å²) in [6.45, 7) is -0.951. The lowest BCUT2D eigenvalue weighted by Gasteiger charge is -2.25. The highest BCUT2D eigenvalue weighted by atomic mass is 19.4. The van der Waals surface area contributed by atoms with Crippen LogP contribution in [-0.2, 0) is 37.5 Å². The number of halogens is 9. The minimum absolute atomic E-state index is 0.0222. The standard InChI is InChI=1S/C34H22F9N5O7/c35-32(36,37)19-7-1-4-16(10-19)29(49)52-13-22-24(54-30(50)17-5-2-8-20(11-17)33(38,39)40)25(55-31(51)18-6-3-9-21(12-18)34(41,42)43)28(53-22)48-15-47-23-26(44)45-14-46-27(23)48/h1-12,14-15,22,24-25,28H,13H2,(H2,44,45,46)/t22-,24-,25-,28-/m1/s1. The van der Waals surface area contributed by atoms with E-state index in [1.165, 1.54) is 0 Å². The highest BCUT2D eigenvalue weighted by Crippen LogP contribution is 2.38. The van der Waals surface area contributed by atoms with Gasteiger partial charge in [0, 0.05) is 0 Å². The lowest BCUT2D eigenvalue weighted by atomic mass is 10.1. The maximum absolute atomic E-state index is 13.5. The van der Waals surface area contributed by atoms with Gasteiger partial charge in [-0.2, -0.15) is 39.5 Å². The molecule has 0 saturated carbocycles. The second-order valence-corrected chi connectivity index (χ2v) is 11.7. The number of nitrogens with zero attached hydrogens (tertiary/aromatic N) is 4. The lowest BCUT2D eigenvalue weighted by molar-refractivity contribution is -0.138. The number of nitrogen functional groups attached to an aromatic ring is 1. The van der Waals surface area contributed by atoms with Crippen molar-refractivity contribution >= 4 is 34.9 Å². The van der Waals surface area contributed by atoms with Crippen LogP contribution in [0.25, 0.3) is 11.2 Å². The fraction of sp³-hybridized carbons (Fsp3) is 0.235. The Bertz CT molecular complexity index is 2260. The summed E-state index contributed by atoms with van der Waals surface area (Å²) in [5.74, 6) is -4.34. The summed E-state index contributed by atoms with van der Waals surface area (Å²) in [6.07, 6.45) is -19.8. The number of carbonyl (C=O) groups is 3. The van der Waals surface area contributed by atoms with Crippen LogP contribution in [0.15, 0.2) is 85.5 Å². The minimum atomic E-state index is -4.90. The van der Waals surface area contributed by atoms with Gasteiger partial charge in [-0.05, 0) is 54.6 Å². The Kier molecular flexibility index (Phi) is 10.2. The van der Waals surface area contributed by atoms with Gasteiger partial charge in [-0.1, -0.05) is 18.2 Å². The largest absolute Gasteiger partial charge is 0.459 e. The van der Waals surface area contributed by atoms with E-state index in [4.69, 9.17) is 24.7 Å². The summed E-state index contributed by atoms with van der Waals surface area (Å²) in [6, 6.07) is 9.11. The van der Waals surface area contributed by atoms with Crippen LogP contribution in [0.2, 0.25) is 0 Å². The van der Waals surface area contributed by atoms with Crippen molar-refractivity contribution in [2.45, 2.75) is 43.1 Å². The second kappa shape index (κ2) is 14.5. The predicted octanol–water partition coefficient (Wildman–Crippen LogP) is 6.67. The molecule has 1 aliphatic heterocycles. The summed E-state index contributed by atoms with van der Waals surface area (Å²) in [4.78, 5) is 51.8. The van der Waals surface area contributed by atoms with Gasteiger partial charge < -0.3 is 24.7 Å². The normalized spacial score (nSPS) is 18.9. The van der Waals surface area contributed by atoms with Gasteiger partial charge in [0.05, 0.1) is 39.7 Å². The third-order valence-electron chi connectivity index (χ3n) is 8.09. The van der Waals surface area contributed by atoms with Crippen molar-refractivity contribution in [1.29, 1.82) is 0 Å². The van der Waals surface area contributed by atoms with E-state index < -0.39 is 101 Å². The molecule has 0 amide bonds. The van der Waals surface area contributed by atoms with E-state index in [1.807, 2.05) is 0 Å². The second-order valence-electron chi connectivity index (χ2n) is 11.7. The molecule has 55 heavy (non-hydrogen) atoms. The zero-order valence-corrected chi connectivity index (χ0v) is 27.2. The number of ether oxygens (including phenoxy) is 4. The predicted molar refractivity (Wildman–Crippen MR) is 167 cm³/mol. The van der Waals surface area contributed by atoms with Gasteiger partial charge in [-0.3, -0.25) is 4.57 Å². The molecule has 1 fully saturated rings. The first kappa shape index (κ1) is 38.5. The Hall–Kier alpha value is -6.25. The fourth-order valence-corrected chi connectivity index (χ4v) is 5.48. The number of imidazole rings is 1. The summed E-state index contributed by atoms with van der Waals surface area (Å²) in [5, 5.41) is 0. The van der Waals surface area contributed by atoms with Gasteiger partial charge in [-0.15, -0.1) is 0 Å². The van der Waals surface area contributed by atoms with E-state index in [0.29, 0.717) is 36.4 Å². The van der Waals surface area contributed by atoms with Gasteiger partial charge >= 0.3 is 36.4 Å². The Morgan fingerprint density at radius 2 is 1.15 bits per heavy atom. The molecule has 5 aromatic rings. The third-order valence-corrected chi connectivity index (χ3v) is 8.09. The van der Waals surface area contributed by atoms with Crippen LogP contribution >= 0.6 is 0 Å². The maximum Gasteiger partial charge on any atom is 0.416 e. The van der Waals surface area contributed by atoms with Gasteiger partial charge in [0.15, 0.2) is 29.9 Å². The van der Waals surface area contributed by atoms with E-state index in [9.17, 15) is 53.9 Å². The number of hydrogen-bond acceptors (Lipinski definition) is 11. The molecule has 0 radical (unpaired) electrons. The molecule has 1 aliphatic rings. The average Bonchev–Trinajstić information content (AvgIpc) is 3.71. The number of aromatic nitrogens is 4. The molecule has 0 spiro atoms. The Morgan fingerprint density at radius 1 is 0.673 bits per heavy atom. The summed E-state index contributed by atoms with van der Waals surface area (Å²) >= 11 is 0. The SMILES string of the molecule is Nc1ncnc2c1ncn2[C@@H]1O[C@H](COC(=O)c2cccc(C(F)(F)F)c2)[C@@H](OC(=O)c2cccc(C(F)(F)F)c2)[C@H]1OC(=O)c1cccc(C(F)(F)F)c1. The molecule has 0 unspecified atom stereocenters. The van der Waals surface area contributed by atoms with Crippen LogP contribution < -0.4 is 5.73 Å². The van der Waals surface area contributed by atoms with Crippen molar-refractivity contribution in [3.8, 4) is 0 Å². The molecule has 3 aromatic carbocycles.